The van der Waals surface area contributed by atoms with Gasteiger partial charge in [-0.1, -0.05) is 24.3 Å². The molecule has 1 aromatic carbocycles. The van der Waals surface area contributed by atoms with Crippen LogP contribution in [0.2, 0.25) is 0 Å². The maximum atomic E-state index is 6.00. The highest BCUT2D eigenvalue weighted by atomic mass is 127. The van der Waals surface area contributed by atoms with Gasteiger partial charge in [0.15, 0.2) is 5.96 Å². The first kappa shape index (κ1) is 17.5. The SMILES string of the molecule is I.NC(=NCCc1ccccn1)NC1CCOc2ccccc21. The number of nitrogens with two attached hydrogens (primary N) is 1. The Bertz CT molecular complexity index is 648. The van der Waals surface area contributed by atoms with Gasteiger partial charge in [0.2, 0.25) is 0 Å². The van der Waals surface area contributed by atoms with E-state index in [0.717, 1.165) is 29.8 Å². The average molecular weight is 424 g/mol. The number of halogens is 1. The summed E-state index contributed by atoms with van der Waals surface area (Å²) in [6.45, 7) is 1.32. The molecule has 1 aliphatic heterocycles. The van der Waals surface area contributed by atoms with Gasteiger partial charge in [-0.25, -0.2) is 0 Å². The molecule has 1 aliphatic rings. The van der Waals surface area contributed by atoms with E-state index in [0.29, 0.717) is 19.1 Å². The number of guanidine groups is 1. The van der Waals surface area contributed by atoms with Gasteiger partial charge < -0.3 is 15.8 Å². The molecular formula is C17H21IN4O. The number of benzene rings is 1. The predicted molar refractivity (Wildman–Crippen MR) is 102 cm³/mol. The van der Waals surface area contributed by atoms with E-state index in [-0.39, 0.29) is 30.0 Å². The van der Waals surface area contributed by atoms with Crippen LogP contribution in [0.1, 0.15) is 23.7 Å². The summed E-state index contributed by atoms with van der Waals surface area (Å²) < 4.78 is 5.65. The standard InChI is InChI=1S/C17H20N4O.HI/c18-17(20-11-8-13-5-3-4-10-19-13)21-15-9-12-22-16-7-2-1-6-14(15)16;/h1-7,10,15H,8-9,11-12H2,(H3,18,20,21);1H. The zero-order chi connectivity index (χ0) is 15.2. The van der Waals surface area contributed by atoms with Crippen molar-refractivity contribution in [1.82, 2.24) is 10.3 Å². The number of nitrogens with zero attached hydrogens (tertiary/aromatic N) is 2. The Balaban J connectivity index is 0.00000192. The summed E-state index contributed by atoms with van der Waals surface area (Å²) in [5.41, 5.74) is 8.16. The Labute approximate surface area is 153 Å². The minimum Gasteiger partial charge on any atom is -0.493 e. The van der Waals surface area contributed by atoms with Gasteiger partial charge in [-0.05, 0) is 18.2 Å². The number of aliphatic imine (C=N–C) groups is 1. The molecule has 0 bridgehead atoms. The van der Waals surface area contributed by atoms with Crippen LogP contribution < -0.4 is 15.8 Å². The van der Waals surface area contributed by atoms with E-state index in [9.17, 15) is 0 Å². The van der Waals surface area contributed by atoms with Gasteiger partial charge in [0, 0.05) is 36.8 Å². The third-order valence-corrected chi connectivity index (χ3v) is 3.66. The Hall–Kier alpha value is -1.83. The lowest BCUT2D eigenvalue weighted by Crippen LogP contribution is -2.37. The Morgan fingerprint density at radius 3 is 2.91 bits per heavy atom. The molecule has 0 amide bonds. The first-order valence-corrected chi connectivity index (χ1v) is 7.51. The van der Waals surface area contributed by atoms with Crippen molar-refractivity contribution in [3.8, 4) is 5.75 Å². The number of para-hydroxylation sites is 1. The van der Waals surface area contributed by atoms with Crippen molar-refractivity contribution in [3.05, 3.63) is 59.9 Å². The molecule has 0 saturated carbocycles. The van der Waals surface area contributed by atoms with E-state index in [1.165, 1.54) is 0 Å². The molecule has 0 saturated heterocycles. The lowest BCUT2D eigenvalue weighted by molar-refractivity contribution is 0.262. The zero-order valence-corrected chi connectivity index (χ0v) is 15.1. The molecule has 3 rings (SSSR count). The van der Waals surface area contributed by atoms with Crippen molar-refractivity contribution >= 4 is 29.9 Å². The van der Waals surface area contributed by atoms with Crippen LogP contribution >= 0.6 is 24.0 Å². The number of aromatic nitrogens is 1. The minimum absolute atomic E-state index is 0. The monoisotopic (exact) mass is 424 g/mol. The Morgan fingerprint density at radius 1 is 1.26 bits per heavy atom. The lowest BCUT2D eigenvalue weighted by Gasteiger charge is -2.26. The molecule has 1 atom stereocenters. The topological polar surface area (TPSA) is 72.5 Å². The summed E-state index contributed by atoms with van der Waals surface area (Å²) in [5.74, 6) is 1.39. The van der Waals surface area contributed by atoms with Crippen molar-refractivity contribution in [2.24, 2.45) is 10.7 Å². The molecule has 3 N–H and O–H groups in total. The summed E-state index contributed by atoms with van der Waals surface area (Å²) in [4.78, 5) is 8.66. The summed E-state index contributed by atoms with van der Waals surface area (Å²) in [6, 6.07) is 14.1. The average Bonchev–Trinajstić information content (AvgIpc) is 2.56. The first-order chi connectivity index (χ1) is 10.8. The molecule has 0 spiro atoms. The number of pyridine rings is 1. The van der Waals surface area contributed by atoms with Crippen molar-refractivity contribution in [2.75, 3.05) is 13.2 Å². The maximum Gasteiger partial charge on any atom is 0.189 e. The predicted octanol–water partition coefficient (Wildman–Crippen LogP) is 2.67. The summed E-state index contributed by atoms with van der Waals surface area (Å²) in [6.07, 6.45) is 3.46. The van der Waals surface area contributed by atoms with Crippen LogP contribution in [0.15, 0.2) is 53.7 Å². The molecule has 1 aromatic heterocycles. The Morgan fingerprint density at radius 2 is 2.09 bits per heavy atom. The smallest absolute Gasteiger partial charge is 0.189 e. The van der Waals surface area contributed by atoms with Crippen LogP contribution in [0.25, 0.3) is 0 Å². The highest BCUT2D eigenvalue weighted by Crippen LogP contribution is 2.31. The molecule has 1 unspecified atom stereocenters. The second-order valence-electron chi connectivity index (χ2n) is 5.21. The van der Waals surface area contributed by atoms with Crippen LogP contribution in [0, 0.1) is 0 Å². The van der Waals surface area contributed by atoms with Crippen LogP contribution in [-0.4, -0.2) is 24.1 Å². The second kappa shape index (κ2) is 8.71. The van der Waals surface area contributed by atoms with Crippen molar-refractivity contribution in [1.29, 1.82) is 0 Å². The third kappa shape index (κ3) is 4.82. The molecule has 23 heavy (non-hydrogen) atoms. The van der Waals surface area contributed by atoms with Crippen molar-refractivity contribution in [2.45, 2.75) is 18.9 Å². The van der Waals surface area contributed by atoms with Gasteiger partial charge in [-0.2, -0.15) is 0 Å². The fraction of sp³-hybridized carbons (Fsp3) is 0.294. The van der Waals surface area contributed by atoms with E-state index in [4.69, 9.17) is 10.5 Å². The highest BCUT2D eigenvalue weighted by Gasteiger charge is 2.21. The van der Waals surface area contributed by atoms with Gasteiger partial charge >= 0.3 is 0 Å². The summed E-state index contributed by atoms with van der Waals surface area (Å²) >= 11 is 0. The minimum atomic E-state index is 0. The summed E-state index contributed by atoms with van der Waals surface area (Å²) in [5, 5.41) is 3.29. The van der Waals surface area contributed by atoms with E-state index in [1.54, 1.807) is 6.20 Å². The number of hydrogen-bond donors (Lipinski definition) is 2. The molecule has 0 fully saturated rings. The van der Waals surface area contributed by atoms with E-state index in [2.05, 4.69) is 21.4 Å². The summed E-state index contributed by atoms with van der Waals surface area (Å²) in [7, 11) is 0. The fourth-order valence-electron chi connectivity index (χ4n) is 2.55. The molecule has 122 valence electrons. The second-order valence-corrected chi connectivity index (χ2v) is 5.21. The van der Waals surface area contributed by atoms with Gasteiger partial charge in [-0.15, -0.1) is 24.0 Å². The number of hydrogen-bond acceptors (Lipinski definition) is 3. The van der Waals surface area contributed by atoms with Crippen molar-refractivity contribution in [3.63, 3.8) is 0 Å². The normalized spacial score (nSPS) is 16.7. The molecule has 0 aliphatic carbocycles. The van der Waals surface area contributed by atoms with Gasteiger partial charge in [0.1, 0.15) is 5.75 Å². The van der Waals surface area contributed by atoms with Crippen LogP contribution in [-0.2, 0) is 6.42 Å². The molecule has 5 nitrogen and oxygen atoms in total. The van der Waals surface area contributed by atoms with E-state index >= 15 is 0 Å². The van der Waals surface area contributed by atoms with Gasteiger partial charge in [-0.3, -0.25) is 9.98 Å². The quantitative estimate of drug-likeness (QED) is 0.450. The Kier molecular flexibility index (Phi) is 6.64. The number of fused-ring (bicyclic) bond motifs is 1. The largest absolute Gasteiger partial charge is 0.493 e. The third-order valence-electron chi connectivity index (χ3n) is 3.66. The van der Waals surface area contributed by atoms with Gasteiger partial charge in [0.25, 0.3) is 0 Å². The number of nitrogens with one attached hydrogen (secondary N) is 1. The van der Waals surface area contributed by atoms with E-state index < -0.39 is 0 Å². The molecule has 2 heterocycles. The van der Waals surface area contributed by atoms with Crippen LogP contribution in [0.3, 0.4) is 0 Å². The first-order valence-electron chi connectivity index (χ1n) is 7.51. The highest BCUT2D eigenvalue weighted by molar-refractivity contribution is 14.0. The fourth-order valence-corrected chi connectivity index (χ4v) is 2.55. The molecular weight excluding hydrogens is 403 g/mol. The van der Waals surface area contributed by atoms with Crippen LogP contribution in [0.5, 0.6) is 5.75 Å². The van der Waals surface area contributed by atoms with E-state index in [1.807, 2.05) is 36.4 Å². The maximum absolute atomic E-state index is 6.00. The molecule has 6 heteroatoms. The zero-order valence-electron chi connectivity index (χ0n) is 12.8. The van der Waals surface area contributed by atoms with Gasteiger partial charge in [0.05, 0.1) is 12.6 Å². The van der Waals surface area contributed by atoms with Crippen LogP contribution in [0.4, 0.5) is 0 Å². The molecule has 2 aromatic rings. The molecule has 0 radical (unpaired) electrons. The number of rotatable bonds is 4. The van der Waals surface area contributed by atoms with Crippen molar-refractivity contribution < 1.29 is 4.74 Å². The lowest BCUT2D eigenvalue weighted by atomic mass is 10.0. The number of ether oxygens (including phenoxy) is 1.